The Labute approximate surface area is 130 Å². The summed E-state index contributed by atoms with van der Waals surface area (Å²) < 4.78 is 6.38. The second-order valence-electron chi connectivity index (χ2n) is 5.48. The summed E-state index contributed by atoms with van der Waals surface area (Å²) >= 11 is 3.61. The molecular formula is C16H25BrN2O. The summed E-state index contributed by atoms with van der Waals surface area (Å²) in [5.41, 5.74) is 1.39. The minimum absolute atomic E-state index is 0.518. The van der Waals surface area contributed by atoms with E-state index in [0.717, 1.165) is 16.8 Å². The predicted molar refractivity (Wildman–Crippen MR) is 87.3 cm³/mol. The average molecular weight is 341 g/mol. The standard InChI is InChI=1S/C16H25BrN2O/c1-4-8-19-9-7-13(11-18-2)16(19)12-5-6-15(20-3)14(17)10-12/h5-6,10,13,16,18H,4,7-9,11H2,1-3H3. The van der Waals surface area contributed by atoms with Crippen molar-refractivity contribution in [2.75, 3.05) is 33.8 Å². The third-order valence-corrected chi connectivity index (χ3v) is 4.74. The molecule has 2 atom stereocenters. The van der Waals surface area contributed by atoms with Gasteiger partial charge in [0, 0.05) is 6.04 Å². The number of benzene rings is 1. The molecule has 1 aliphatic rings. The second kappa shape index (κ2) is 7.43. The number of nitrogens with one attached hydrogen (secondary N) is 1. The zero-order chi connectivity index (χ0) is 14.5. The van der Waals surface area contributed by atoms with Crippen molar-refractivity contribution in [3.8, 4) is 5.75 Å². The van der Waals surface area contributed by atoms with E-state index in [2.05, 4.69) is 51.3 Å². The summed E-state index contributed by atoms with van der Waals surface area (Å²) in [6.45, 7) is 5.71. The molecule has 1 N–H and O–H groups in total. The monoisotopic (exact) mass is 340 g/mol. The van der Waals surface area contributed by atoms with E-state index in [1.54, 1.807) is 7.11 Å². The lowest BCUT2D eigenvalue weighted by Crippen LogP contribution is -2.29. The SMILES string of the molecule is CCCN1CCC(CNC)C1c1ccc(OC)c(Br)c1. The van der Waals surface area contributed by atoms with Crippen LogP contribution in [0.5, 0.6) is 5.75 Å². The molecular weight excluding hydrogens is 316 g/mol. The molecule has 3 nitrogen and oxygen atoms in total. The van der Waals surface area contributed by atoms with Crippen LogP contribution in [0.1, 0.15) is 31.4 Å². The normalized spacial score (nSPS) is 23.2. The highest BCUT2D eigenvalue weighted by Crippen LogP contribution is 2.39. The fraction of sp³-hybridized carbons (Fsp3) is 0.625. The lowest BCUT2D eigenvalue weighted by atomic mass is 9.93. The number of nitrogens with zero attached hydrogens (tertiary/aromatic N) is 1. The molecule has 4 heteroatoms. The van der Waals surface area contributed by atoms with Crippen LogP contribution in [0, 0.1) is 5.92 Å². The zero-order valence-corrected chi connectivity index (χ0v) is 14.2. The van der Waals surface area contributed by atoms with Crippen molar-refractivity contribution in [3.63, 3.8) is 0 Å². The first-order valence-corrected chi connectivity index (χ1v) is 8.22. The summed E-state index contributed by atoms with van der Waals surface area (Å²) in [7, 11) is 3.76. The molecule has 0 amide bonds. The van der Waals surface area contributed by atoms with Crippen molar-refractivity contribution in [3.05, 3.63) is 28.2 Å². The van der Waals surface area contributed by atoms with Gasteiger partial charge in [-0.15, -0.1) is 0 Å². The number of hydrogen-bond donors (Lipinski definition) is 1. The van der Waals surface area contributed by atoms with Gasteiger partial charge in [0.05, 0.1) is 11.6 Å². The van der Waals surface area contributed by atoms with Gasteiger partial charge in [-0.2, -0.15) is 0 Å². The minimum Gasteiger partial charge on any atom is -0.496 e. The molecule has 1 aromatic rings. The van der Waals surface area contributed by atoms with Gasteiger partial charge in [-0.25, -0.2) is 0 Å². The van der Waals surface area contributed by atoms with Gasteiger partial charge in [-0.1, -0.05) is 13.0 Å². The maximum Gasteiger partial charge on any atom is 0.133 e. The molecule has 1 aromatic carbocycles. The Morgan fingerprint density at radius 1 is 1.45 bits per heavy atom. The molecule has 0 spiro atoms. The van der Waals surface area contributed by atoms with E-state index in [1.165, 1.54) is 31.5 Å². The van der Waals surface area contributed by atoms with Crippen LogP contribution in [-0.4, -0.2) is 38.7 Å². The van der Waals surface area contributed by atoms with Crippen LogP contribution < -0.4 is 10.1 Å². The van der Waals surface area contributed by atoms with Gasteiger partial charge in [0.15, 0.2) is 0 Å². The van der Waals surface area contributed by atoms with Crippen molar-refractivity contribution in [1.82, 2.24) is 10.2 Å². The molecule has 1 fully saturated rings. The van der Waals surface area contributed by atoms with Crippen LogP contribution in [-0.2, 0) is 0 Å². The van der Waals surface area contributed by atoms with E-state index in [-0.39, 0.29) is 0 Å². The average Bonchev–Trinajstić information content (AvgIpc) is 2.82. The Balaban J connectivity index is 2.26. The van der Waals surface area contributed by atoms with Gasteiger partial charge >= 0.3 is 0 Å². The first-order valence-electron chi connectivity index (χ1n) is 7.43. The Bertz CT molecular complexity index is 424. The van der Waals surface area contributed by atoms with Crippen molar-refractivity contribution >= 4 is 15.9 Å². The summed E-state index contributed by atoms with van der Waals surface area (Å²) in [4.78, 5) is 2.62. The van der Waals surface area contributed by atoms with Crippen molar-refractivity contribution in [1.29, 1.82) is 0 Å². The maximum absolute atomic E-state index is 5.34. The number of methoxy groups -OCH3 is 1. The third kappa shape index (κ3) is 3.35. The molecule has 1 heterocycles. The lowest BCUT2D eigenvalue weighted by Gasteiger charge is -2.29. The molecule has 1 saturated heterocycles. The molecule has 0 radical (unpaired) electrons. The molecule has 0 saturated carbocycles. The second-order valence-corrected chi connectivity index (χ2v) is 6.34. The molecule has 0 aliphatic carbocycles. The fourth-order valence-electron chi connectivity index (χ4n) is 3.29. The van der Waals surface area contributed by atoms with E-state index in [4.69, 9.17) is 4.74 Å². The van der Waals surface area contributed by atoms with Gasteiger partial charge < -0.3 is 10.1 Å². The zero-order valence-electron chi connectivity index (χ0n) is 12.7. The third-order valence-electron chi connectivity index (χ3n) is 4.12. The highest BCUT2D eigenvalue weighted by molar-refractivity contribution is 9.10. The smallest absolute Gasteiger partial charge is 0.133 e. The number of halogens is 1. The molecule has 0 bridgehead atoms. The van der Waals surface area contributed by atoms with Gasteiger partial charge in [0.25, 0.3) is 0 Å². The molecule has 2 unspecified atom stereocenters. The van der Waals surface area contributed by atoms with Crippen molar-refractivity contribution < 1.29 is 4.74 Å². The van der Waals surface area contributed by atoms with E-state index < -0.39 is 0 Å². The summed E-state index contributed by atoms with van der Waals surface area (Å²) in [5, 5.41) is 3.35. The van der Waals surface area contributed by atoms with Crippen LogP contribution in [0.2, 0.25) is 0 Å². The van der Waals surface area contributed by atoms with Crippen molar-refractivity contribution in [2.24, 2.45) is 5.92 Å². The summed E-state index contributed by atoms with van der Waals surface area (Å²) in [6, 6.07) is 7.02. The first-order chi connectivity index (χ1) is 9.71. The highest BCUT2D eigenvalue weighted by atomic mass is 79.9. The van der Waals surface area contributed by atoms with Gasteiger partial charge in [-0.3, -0.25) is 4.90 Å². The van der Waals surface area contributed by atoms with Crippen molar-refractivity contribution in [2.45, 2.75) is 25.8 Å². The first kappa shape index (κ1) is 15.8. The van der Waals surface area contributed by atoms with Crippen LogP contribution >= 0.6 is 15.9 Å². The predicted octanol–water partition coefficient (Wildman–Crippen LogP) is 3.45. The largest absolute Gasteiger partial charge is 0.496 e. The number of ether oxygens (including phenoxy) is 1. The van der Waals surface area contributed by atoms with Gasteiger partial charge in [0.2, 0.25) is 0 Å². The van der Waals surface area contributed by atoms with Gasteiger partial charge in [0.1, 0.15) is 5.75 Å². The van der Waals surface area contributed by atoms with E-state index in [9.17, 15) is 0 Å². The van der Waals surface area contributed by atoms with Gasteiger partial charge in [-0.05, 0) is 79.1 Å². The fourth-order valence-corrected chi connectivity index (χ4v) is 3.85. The lowest BCUT2D eigenvalue weighted by molar-refractivity contribution is 0.227. The summed E-state index contributed by atoms with van der Waals surface area (Å²) in [6.07, 6.45) is 2.48. The molecule has 2 rings (SSSR count). The molecule has 112 valence electrons. The Kier molecular flexibility index (Phi) is 5.87. The number of likely N-dealkylation sites (tertiary alicyclic amines) is 1. The maximum atomic E-state index is 5.34. The Morgan fingerprint density at radius 3 is 2.85 bits per heavy atom. The van der Waals surface area contributed by atoms with E-state index in [1.807, 2.05) is 7.05 Å². The van der Waals surface area contributed by atoms with Crippen LogP contribution in [0.25, 0.3) is 0 Å². The van der Waals surface area contributed by atoms with Crippen LogP contribution in [0.4, 0.5) is 0 Å². The quantitative estimate of drug-likeness (QED) is 0.858. The topological polar surface area (TPSA) is 24.5 Å². The van der Waals surface area contributed by atoms with E-state index in [0.29, 0.717) is 12.0 Å². The molecule has 1 aliphatic heterocycles. The number of hydrogen-bond acceptors (Lipinski definition) is 3. The minimum atomic E-state index is 0.518. The number of rotatable bonds is 6. The Hall–Kier alpha value is -0.580. The summed E-state index contributed by atoms with van der Waals surface area (Å²) in [5.74, 6) is 1.59. The van der Waals surface area contributed by atoms with Crippen LogP contribution in [0.3, 0.4) is 0 Å². The molecule has 0 aromatic heterocycles. The van der Waals surface area contributed by atoms with Crippen LogP contribution in [0.15, 0.2) is 22.7 Å². The molecule has 20 heavy (non-hydrogen) atoms. The highest BCUT2D eigenvalue weighted by Gasteiger charge is 2.34. The Morgan fingerprint density at radius 2 is 2.25 bits per heavy atom. The van der Waals surface area contributed by atoms with E-state index >= 15 is 0 Å².